The highest BCUT2D eigenvalue weighted by Gasteiger charge is 2.37. The number of hydrogen-bond acceptors (Lipinski definition) is 3. The van der Waals surface area contributed by atoms with Crippen LogP contribution >= 0.6 is 0 Å². The second kappa shape index (κ2) is 9.41. The van der Waals surface area contributed by atoms with Crippen LogP contribution in [0, 0.1) is 0 Å². The fourth-order valence-corrected chi connectivity index (χ4v) is 3.83. The van der Waals surface area contributed by atoms with E-state index in [0.29, 0.717) is 10.9 Å². The summed E-state index contributed by atoms with van der Waals surface area (Å²) >= 11 is 0. The van der Waals surface area contributed by atoms with Gasteiger partial charge in [0.1, 0.15) is 5.75 Å². The molecule has 0 amide bonds. The summed E-state index contributed by atoms with van der Waals surface area (Å²) in [5.74, 6) is 1.23. The molecule has 0 N–H and O–H groups in total. The summed E-state index contributed by atoms with van der Waals surface area (Å²) in [6.07, 6.45) is 5.61. The summed E-state index contributed by atoms with van der Waals surface area (Å²) in [4.78, 5) is 0. The van der Waals surface area contributed by atoms with E-state index < -0.39 is 8.80 Å². The number of rotatable bonds is 7. The average Bonchev–Trinajstić information content (AvgIpc) is 2.13. The molecular formula is C8H21IO3SSi. The van der Waals surface area contributed by atoms with Gasteiger partial charge in [0.15, 0.2) is 0 Å². The van der Waals surface area contributed by atoms with Gasteiger partial charge in [-0.2, -0.15) is 0 Å². The first-order valence-corrected chi connectivity index (χ1v) is 8.44. The molecule has 0 aromatic rings. The molecule has 0 heterocycles. The molecule has 14 heavy (non-hydrogen) atoms. The second-order valence-corrected chi connectivity index (χ2v) is 8.56. The van der Waals surface area contributed by atoms with Gasteiger partial charge < -0.3 is 37.3 Å². The molecule has 3 nitrogen and oxygen atoms in total. The van der Waals surface area contributed by atoms with Crippen LogP contribution in [-0.2, 0) is 24.2 Å². The van der Waals surface area contributed by atoms with Gasteiger partial charge in [0.05, 0.1) is 12.5 Å². The molecule has 0 aliphatic carbocycles. The van der Waals surface area contributed by atoms with Crippen molar-refractivity contribution in [2.75, 3.05) is 39.6 Å². The highest BCUT2D eigenvalue weighted by atomic mass is 127. The zero-order valence-electron chi connectivity index (χ0n) is 9.63. The van der Waals surface area contributed by atoms with Gasteiger partial charge in [-0.25, -0.2) is 0 Å². The first-order chi connectivity index (χ1) is 6.10. The highest BCUT2D eigenvalue weighted by Crippen LogP contribution is 2.15. The first-order valence-electron chi connectivity index (χ1n) is 4.30. The van der Waals surface area contributed by atoms with Crippen molar-refractivity contribution in [3.05, 3.63) is 0 Å². The van der Waals surface area contributed by atoms with E-state index in [1.165, 1.54) is 5.75 Å². The standard InChI is InChI=1S/C8H21O3SSi.HI/c1-9-13(10-2,11-3)8-6-7-12(4)5;/h6-8H2,1-5H3;1H/q+1;/p-1. The van der Waals surface area contributed by atoms with Crippen molar-refractivity contribution in [1.29, 1.82) is 0 Å². The molecule has 0 fully saturated rings. The van der Waals surface area contributed by atoms with E-state index in [9.17, 15) is 0 Å². The molecule has 0 aromatic heterocycles. The molecular weight excluding hydrogens is 331 g/mol. The van der Waals surface area contributed by atoms with E-state index in [0.717, 1.165) is 12.5 Å². The fourth-order valence-electron chi connectivity index (χ4n) is 1.13. The van der Waals surface area contributed by atoms with Gasteiger partial charge in [0.2, 0.25) is 0 Å². The largest absolute Gasteiger partial charge is 1.00 e. The summed E-state index contributed by atoms with van der Waals surface area (Å²) in [6, 6.07) is 0.918. The zero-order valence-corrected chi connectivity index (χ0v) is 13.6. The van der Waals surface area contributed by atoms with Crippen LogP contribution in [0.25, 0.3) is 0 Å². The lowest BCUT2D eigenvalue weighted by Crippen LogP contribution is -3.00. The second-order valence-electron chi connectivity index (χ2n) is 3.09. The molecule has 0 aromatic carbocycles. The van der Waals surface area contributed by atoms with Crippen molar-refractivity contribution in [2.24, 2.45) is 0 Å². The van der Waals surface area contributed by atoms with E-state index in [1.807, 2.05) is 0 Å². The molecule has 88 valence electrons. The van der Waals surface area contributed by atoms with Gasteiger partial charge in [0, 0.05) is 27.4 Å². The average molecular weight is 352 g/mol. The molecule has 6 heteroatoms. The van der Waals surface area contributed by atoms with Crippen LogP contribution in [0.1, 0.15) is 6.42 Å². The normalized spacial score (nSPS) is 11.6. The number of halogens is 1. The highest BCUT2D eigenvalue weighted by molar-refractivity contribution is 7.95. The number of hydrogen-bond donors (Lipinski definition) is 0. The van der Waals surface area contributed by atoms with Gasteiger partial charge in [-0.15, -0.1) is 0 Å². The Balaban J connectivity index is 0. The summed E-state index contributed by atoms with van der Waals surface area (Å²) in [5.41, 5.74) is 0. The van der Waals surface area contributed by atoms with Gasteiger partial charge in [-0.3, -0.25) is 0 Å². The fraction of sp³-hybridized carbons (Fsp3) is 1.00. The molecule has 0 saturated carbocycles. The summed E-state index contributed by atoms with van der Waals surface area (Å²) in [5, 5.41) is 0. The van der Waals surface area contributed by atoms with Crippen LogP contribution in [0.2, 0.25) is 6.04 Å². The molecule has 0 unspecified atom stereocenters. The Hall–Kier alpha value is 1.18. The van der Waals surface area contributed by atoms with Crippen LogP contribution in [-0.4, -0.2) is 48.4 Å². The predicted molar refractivity (Wildman–Crippen MR) is 60.3 cm³/mol. The Bertz CT molecular complexity index is 125. The van der Waals surface area contributed by atoms with E-state index in [4.69, 9.17) is 13.3 Å². The topological polar surface area (TPSA) is 27.7 Å². The van der Waals surface area contributed by atoms with Crippen LogP contribution in [0.5, 0.6) is 0 Å². The van der Waals surface area contributed by atoms with Crippen LogP contribution in [0.3, 0.4) is 0 Å². The third-order valence-corrected chi connectivity index (χ3v) is 5.91. The zero-order chi connectivity index (χ0) is 10.3. The molecule has 0 radical (unpaired) electrons. The summed E-state index contributed by atoms with van der Waals surface area (Å²) < 4.78 is 15.9. The summed E-state index contributed by atoms with van der Waals surface area (Å²) in [7, 11) is 3.21. The summed E-state index contributed by atoms with van der Waals surface area (Å²) in [6.45, 7) is 0. The maximum Gasteiger partial charge on any atom is 0.500 e. The van der Waals surface area contributed by atoms with Gasteiger partial charge in [-0.05, 0) is 17.3 Å². The van der Waals surface area contributed by atoms with Crippen LogP contribution in [0.15, 0.2) is 0 Å². The van der Waals surface area contributed by atoms with E-state index in [-0.39, 0.29) is 24.0 Å². The maximum atomic E-state index is 5.32. The van der Waals surface area contributed by atoms with Crippen molar-refractivity contribution in [3.63, 3.8) is 0 Å². The molecule has 0 aliphatic heterocycles. The van der Waals surface area contributed by atoms with E-state index in [2.05, 4.69) is 12.5 Å². The Morgan fingerprint density at radius 2 is 1.43 bits per heavy atom. The van der Waals surface area contributed by atoms with E-state index >= 15 is 0 Å². The van der Waals surface area contributed by atoms with Crippen molar-refractivity contribution in [1.82, 2.24) is 0 Å². The predicted octanol–water partition coefficient (Wildman–Crippen LogP) is -1.86. The van der Waals surface area contributed by atoms with Crippen LogP contribution < -0.4 is 24.0 Å². The Labute approximate surface area is 109 Å². The molecule has 0 spiro atoms. The minimum atomic E-state index is -2.28. The molecule has 0 aliphatic rings. The lowest BCUT2D eigenvalue weighted by molar-refractivity contribution is -0.00000756. The minimum absolute atomic E-state index is 0. The molecule has 0 atom stereocenters. The Morgan fingerprint density at radius 1 is 1.00 bits per heavy atom. The first kappa shape index (κ1) is 17.6. The lowest BCUT2D eigenvalue weighted by Gasteiger charge is -2.23. The third-order valence-electron chi connectivity index (χ3n) is 1.97. The van der Waals surface area contributed by atoms with Crippen molar-refractivity contribution >= 4 is 19.7 Å². The van der Waals surface area contributed by atoms with Gasteiger partial charge in [-0.1, -0.05) is 0 Å². The van der Waals surface area contributed by atoms with E-state index in [1.54, 1.807) is 21.3 Å². The Morgan fingerprint density at radius 3 is 1.71 bits per heavy atom. The van der Waals surface area contributed by atoms with Crippen molar-refractivity contribution in [3.8, 4) is 0 Å². The maximum absolute atomic E-state index is 5.32. The molecule has 0 rings (SSSR count). The van der Waals surface area contributed by atoms with Crippen molar-refractivity contribution < 1.29 is 37.3 Å². The molecule has 0 bridgehead atoms. The lowest BCUT2D eigenvalue weighted by atomic mass is 10.6. The Kier molecular flexibility index (Phi) is 11.8. The van der Waals surface area contributed by atoms with Gasteiger partial charge >= 0.3 is 8.80 Å². The third kappa shape index (κ3) is 6.62. The molecule has 0 saturated heterocycles. The minimum Gasteiger partial charge on any atom is -1.00 e. The van der Waals surface area contributed by atoms with Crippen LogP contribution in [0.4, 0.5) is 0 Å². The quantitative estimate of drug-likeness (QED) is 0.306. The van der Waals surface area contributed by atoms with Crippen molar-refractivity contribution in [2.45, 2.75) is 12.5 Å². The monoisotopic (exact) mass is 352 g/mol. The SMILES string of the molecule is CO[Si](CCC[S+](C)C)(OC)OC.[I-]. The smallest absolute Gasteiger partial charge is 0.500 e. The van der Waals surface area contributed by atoms with Gasteiger partial charge in [0.25, 0.3) is 0 Å².